The Bertz CT molecular complexity index is 1210. The zero-order valence-corrected chi connectivity index (χ0v) is 22.5. The summed E-state index contributed by atoms with van der Waals surface area (Å²) < 4.78 is 6.14. The number of hydrogen-bond donors (Lipinski definition) is 1. The molecule has 1 N–H and O–H groups in total. The fraction of sp³-hybridized carbons (Fsp3) is 0.360. The summed E-state index contributed by atoms with van der Waals surface area (Å²) in [5.41, 5.74) is 2.72. The number of nitrogens with one attached hydrogen (secondary N) is 1. The van der Waals surface area contributed by atoms with Gasteiger partial charge in [-0.15, -0.1) is 0 Å². The second kappa shape index (κ2) is 10.7. The molecule has 0 spiro atoms. The van der Waals surface area contributed by atoms with Crippen molar-refractivity contribution in [3.05, 3.63) is 62.2 Å². The van der Waals surface area contributed by atoms with Gasteiger partial charge in [0.2, 0.25) is 0 Å². The summed E-state index contributed by atoms with van der Waals surface area (Å²) in [7, 11) is 1.58. The van der Waals surface area contributed by atoms with Crippen molar-refractivity contribution in [1.29, 1.82) is 0 Å². The molecule has 2 aromatic carbocycles. The normalized spacial score (nSPS) is 14.6. The van der Waals surface area contributed by atoms with E-state index in [0.29, 0.717) is 53.2 Å². The highest BCUT2D eigenvalue weighted by molar-refractivity contribution is 9.10. The molecule has 1 saturated heterocycles. The van der Waals surface area contributed by atoms with Gasteiger partial charge in [-0.3, -0.25) is 9.69 Å². The summed E-state index contributed by atoms with van der Waals surface area (Å²) in [5, 5.41) is 5.00. The van der Waals surface area contributed by atoms with Gasteiger partial charge in [-0.25, -0.2) is 4.98 Å². The van der Waals surface area contributed by atoms with E-state index in [1.54, 1.807) is 7.11 Å². The molecule has 1 aliphatic rings. The lowest BCUT2D eigenvalue weighted by molar-refractivity contribution is 0.0596. The van der Waals surface area contributed by atoms with Gasteiger partial charge in [-0.1, -0.05) is 45.2 Å². The predicted octanol–water partition coefficient (Wildman–Crippen LogP) is 6.09. The summed E-state index contributed by atoms with van der Waals surface area (Å²) in [5.74, 6) is 0.501. The molecule has 34 heavy (non-hydrogen) atoms. The molecule has 6 nitrogen and oxygen atoms in total. The number of ether oxygens (including phenoxy) is 1. The summed E-state index contributed by atoms with van der Waals surface area (Å²) in [6.07, 6.45) is 0. The van der Waals surface area contributed by atoms with Gasteiger partial charge < -0.3 is 15.0 Å². The molecule has 9 heteroatoms. The second-order valence-corrected chi connectivity index (χ2v) is 10.2. The highest BCUT2D eigenvalue weighted by Gasteiger charge is 2.28. The highest BCUT2D eigenvalue weighted by atomic mass is 79.9. The smallest absolute Gasteiger partial charge is 0.259 e. The van der Waals surface area contributed by atoms with Crippen LogP contribution in [-0.2, 0) is 6.54 Å². The molecule has 1 aliphatic heterocycles. The molecular formula is C25H27BrCl2N4O2. The Balaban J connectivity index is 1.70. The van der Waals surface area contributed by atoms with Gasteiger partial charge in [0.05, 0.1) is 23.3 Å². The average molecular weight is 566 g/mol. The fourth-order valence-corrected chi connectivity index (χ4v) is 5.10. The van der Waals surface area contributed by atoms with Crippen LogP contribution in [0.3, 0.4) is 0 Å². The molecule has 2 heterocycles. The summed E-state index contributed by atoms with van der Waals surface area (Å²) in [6, 6.07) is 11.8. The topological polar surface area (TPSA) is 57.7 Å². The standard InChI is InChI=1S/C25H27BrCl2N4O2/c1-15(2)31-8-10-32(11-9-31)25(33)22-23(18-13-17(26)5-6-20(18)30-24(22)28)29-14-16-4-7-21(34-3)19(27)12-16/h4-7,12-13,15H,8-11,14H2,1-3H3,(H,29,30). The van der Waals surface area contributed by atoms with E-state index in [0.717, 1.165) is 28.5 Å². The van der Waals surface area contributed by atoms with E-state index in [4.69, 9.17) is 27.9 Å². The number of methoxy groups -OCH3 is 1. The molecule has 0 atom stereocenters. The second-order valence-electron chi connectivity index (χ2n) is 8.56. The van der Waals surface area contributed by atoms with Crippen LogP contribution in [0.25, 0.3) is 10.9 Å². The van der Waals surface area contributed by atoms with Crippen molar-refractivity contribution in [2.45, 2.75) is 26.4 Å². The molecular weight excluding hydrogens is 539 g/mol. The Labute approximate surface area is 218 Å². The van der Waals surface area contributed by atoms with Crippen molar-refractivity contribution >= 4 is 61.6 Å². The van der Waals surface area contributed by atoms with Crippen LogP contribution >= 0.6 is 39.1 Å². The number of nitrogens with zero attached hydrogens (tertiary/aromatic N) is 3. The molecule has 0 radical (unpaired) electrons. The van der Waals surface area contributed by atoms with Gasteiger partial charge >= 0.3 is 0 Å². The maximum atomic E-state index is 13.7. The van der Waals surface area contributed by atoms with Crippen molar-refractivity contribution in [3.8, 4) is 5.75 Å². The number of pyridine rings is 1. The molecule has 0 saturated carbocycles. The Morgan fingerprint density at radius 2 is 1.88 bits per heavy atom. The van der Waals surface area contributed by atoms with E-state index in [1.165, 1.54) is 0 Å². The number of piperazine rings is 1. The summed E-state index contributed by atoms with van der Waals surface area (Å²) >= 11 is 16.5. The summed E-state index contributed by atoms with van der Waals surface area (Å²) in [4.78, 5) is 22.5. The van der Waals surface area contributed by atoms with E-state index in [2.05, 4.69) is 45.0 Å². The number of carbonyl (C=O) groups is 1. The Morgan fingerprint density at radius 3 is 2.53 bits per heavy atom. The molecule has 1 aromatic heterocycles. The lowest BCUT2D eigenvalue weighted by Gasteiger charge is -2.37. The Kier molecular flexibility index (Phi) is 7.87. The third-order valence-electron chi connectivity index (χ3n) is 6.13. The average Bonchev–Trinajstić information content (AvgIpc) is 2.82. The third kappa shape index (κ3) is 5.28. The van der Waals surface area contributed by atoms with Crippen LogP contribution in [0.4, 0.5) is 5.69 Å². The van der Waals surface area contributed by atoms with Gasteiger partial charge in [0.25, 0.3) is 5.91 Å². The van der Waals surface area contributed by atoms with E-state index in [-0.39, 0.29) is 11.1 Å². The number of carbonyl (C=O) groups excluding carboxylic acids is 1. The number of benzene rings is 2. The molecule has 180 valence electrons. The Morgan fingerprint density at radius 1 is 1.15 bits per heavy atom. The van der Waals surface area contributed by atoms with Crippen molar-refractivity contribution in [1.82, 2.24) is 14.8 Å². The van der Waals surface area contributed by atoms with Crippen molar-refractivity contribution in [3.63, 3.8) is 0 Å². The maximum absolute atomic E-state index is 13.7. The minimum atomic E-state index is -0.113. The van der Waals surface area contributed by atoms with Gasteiger partial charge in [0.1, 0.15) is 16.5 Å². The molecule has 1 amide bonds. The predicted molar refractivity (Wildman–Crippen MR) is 142 cm³/mol. The molecule has 0 bridgehead atoms. The first-order chi connectivity index (χ1) is 16.3. The first-order valence-electron chi connectivity index (χ1n) is 11.2. The van der Waals surface area contributed by atoms with E-state index in [9.17, 15) is 4.79 Å². The SMILES string of the molecule is COc1ccc(CNc2c(C(=O)N3CCN(C(C)C)CC3)c(Cl)nc3ccc(Br)cc23)cc1Cl. The largest absolute Gasteiger partial charge is 0.495 e. The van der Waals surface area contributed by atoms with Crippen molar-refractivity contribution in [2.75, 3.05) is 38.6 Å². The van der Waals surface area contributed by atoms with Crippen LogP contribution in [0, 0.1) is 0 Å². The lowest BCUT2D eigenvalue weighted by atomic mass is 10.1. The van der Waals surface area contributed by atoms with Crippen molar-refractivity contribution in [2.24, 2.45) is 0 Å². The van der Waals surface area contributed by atoms with E-state index in [1.807, 2.05) is 41.3 Å². The van der Waals surface area contributed by atoms with E-state index < -0.39 is 0 Å². The van der Waals surface area contributed by atoms with Gasteiger partial charge in [0, 0.05) is 48.6 Å². The highest BCUT2D eigenvalue weighted by Crippen LogP contribution is 2.35. The number of rotatable bonds is 6. The maximum Gasteiger partial charge on any atom is 0.259 e. The molecule has 1 fully saturated rings. The van der Waals surface area contributed by atoms with Gasteiger partial charge in [0.15, 0.2) is 0 Å². The van der Waals surface area contributed by atoms with Crippen LogP contribution in [-0.4, -0.2) is 60.0 Å². The fourth-order valence-electron chi connectivity index (χ4n) is 4.19. The number of halogens is 3. The number of amides is 1. The lowest BCUT2D eigenvalue weighted by Crippen LogP contribution is -2.50. The van der Waals surface area contributed by atoms with Crippen LogP contribution in [0.15, 0.2) is 40.9 Å². The molecule has 0 aliphatic carbocycles. The van der Waals surface area contributed by atoms with Gasteiger partial charge in [-0.2, -0.15) is 0 Å². The molecule has 0 unspecified atom stereocenters. The first kappa shape index (κ1) is 25.0. The van der Waals surface area contributed by atoms with E-state index >= 15 is 0 Å². The number of hydrogen-bond acceptors (Lipinski definition) is 5. The quantitative estimate of drug-likeness (QED) is 0.366. The number of aromatic nitrogens is 1. The number of anilines is 1. The molecule has 4 rings (SSSR count). The first-order valence-corrected chi connectivity index (χ1v) is 12.7. The minimum absolute atomic E-state index is 0.113. The summed E-state index contributed by atoms with van der Waals surface area (Å²) in [6.45, 7) is 7.77. The Hall–Kier alpha value is -2.06. The minimum Gasteiger partial charge on any atom is -0.495 e. The monoisotopic (exact) mass is 564 g/mol. The van der Waals surface area contributed by atoms with Crippen LogP contribution < -0.4 is 10.1 Å². The van der Waals surface area contributed by atoms with Crippen LogP contribution in [0.1, 0.15) is 29.8 Å². The molecule has 3 aromatic rings. The number of fused-ring (bicyclic) bond motifs is 1. The zero-order valence-electron chi connectivity index (χ0n) is 19.4. The third-order valence-corrected chi connectivity index (χ3v) is 7.20. The van der Waals surface area contributed by atoms with Crippen LogP contribution in [0.5, 0.6) is 5.75 Å². The van der Waals surface area contributed by atoms with Crippen molar-refractivity contribution < 1.29 is 9.53 Å². The van der Waals surface area contributed by atoms with Gasteiger partial charge in [-0.05, 0) is 49.7 Å². The zero-order chi connectivity index (χ0) is 24.4. The van der Waals surface area contributed by atoms with Crippen LogP contribution in [0.2, 0.25) is 10.2 Å².